The fourth-order valence-electron chi connectivity index (χ4n) is 3.59. The van der Waals surface area contributed by atoms with E-state index in [1.165, 1.54) is 12.1 Å². The molecule has 3 rings (SSSR count). The highest BCUT2D eigenvalue weighted by molar-refractivity contribution is 5.74. The maximum Gasteiger partial charge on any atom is 0.211 e. The molecule has 1 fully saturated rings. The number of hydrogen-bond donors (Lipinski definition) is 4. The Morgan fingerprint density at radius 2 is 1.46 bits per heavy atom. The standard InChI is InChI=1S/C17H14F4N2O.C5H11NO2.C5H12.C2H6/c18-13-3-1-2-9(17(13)21)11-6-22-7-12(11)10-4-14(19)15(20)5-16(10)23-8-24;7-4-2-1-3-6-5-8;1-5(2,3)4;1-2/h1-5,8,11-12,22H,6-7H2,(H,23,24);5,7H,1-4H2,(H,6,8);1-4H3;1-2H3. The molecule has 0 aliphatic carbocycles. The first-order chi connectivity index (χ1) is 18.4. The predicted octanol–water partition coefficient (Wildman–Crippen LogP) is 5.87. The van der Waals surface area contributed by atoms with Gasteiger partial charge in [-0.15, -0.1) is 0 Å². The molecular weight excluding hydrogens is 514 g/mol. The summed E-state index contributed by atoms with van der Waals surface area (Å²) in [7, 11) is 0. The molecule has 2 aromatic rings. The van der Waals surface area contributed by atoms with E-state index in [0.717, 1.165) is 31.0 Å². The molecule has 1 saturated heterocycles. The first-order valence-electron chi connectivity index (χ1n) is 13.1. The number of carbonyl (C=O) groups excluding carboxylic acids is 2. The van der Waals surface area contributed by atoms with E-state index in [9.17, 15) is 27.2 Å². The van der Waals surface area contributed by atoms with Crippen molar-refractivity contribution in [3.8, 4) is 0 Å². The highest BCUT2D eigenvalue weighted by Gasteiger charge is 2.34. The molecule has 0 saturated carbocycles. The molecule has 1 aliphatic rings. The SMILES string of the molecule is CC.CC(C)(C)C.O=CNCCCCO.O=CNc1cc(F)c(F)cc1C1CNCC1c1cccc(F)c1F. The van der Waals surface area contributed by atoms with Crippen LogP contribution >= 0.6 is 0 Å². The van der Waals surface area contributed by atoms with E-state index in [2.05, 4.69) is 43.6 Å². The van der Waals surface area contributed by atoms with Crippen molar-refractivity contribution in [3.05, 3.63) is 64.7 Å². The third kappa shape index (κ3) is 13.6. The zero-order valence-corrected chi connectivity index (χ0v) is 23.7. The molecule has 10 heteroatoms. The van der Waals surface area contributed by atoms with Crippen LogP contribution < -0.4 is 16.0 Å². The Kier molecular flexibility index (Phi) is 17.7. The number of unbranched alkanes of at least 4 members (excludes halogenated alkanes) is 1. The highest BCUT2D eigenvalue weighted by atomic mass is 19.2. The van der Waals surface area contributed by atoms with Gasteiger partial charge in [-0.05, 0) is 41.5 Å². The van der Waals surface area contributed by atoms with Crippen LogP contribution in [0.3, 0.4) is 0 Å². The lowest BCUT2D eigenvalue weighted by molar-refractivity contribution is -0.109. The number of nitrogens with one attached hydrogen (secondary N) is 3. The van der Waals surface area contributed by atoms with Gasteiger partial charge < -0.3 is 21.1 Å². The van der Waals surface area contributed by atoms with Gasteiger partial charge in [-0.2, -0.15) is 0 Å². The fourth-order valence-corrected chi connectivity index (χ4v) is 3.59. The molecule has 2 aromatic carbocycles. The van der Waals surface area contributed by atoms with Crippen LogP contribution in [0.4, 0.5) is 23.2 Å². The minimum Gasteiger partial charge on any atom is -0.396 e. The lowest BCUT2D eigenvalue weighted by Crippen LogP contribution is -2.14. The molecular formula is C29H43F4N3O3. The average Bonchev–Trinajstić information content (AvgIpc) is 3.36. The van der Waals surface area contributed by atoms with Crippen LogP contribution in [0, 0.1) is 28.7 Å². The van der Waals surface area contributed by atoms with E-state index >= 15 is 0 Å². The molecule has 0 bridgehead atoms. The van der Waals surface area contributed by atoms with Gasteiger partial charge in [-0.25, -0.2) is 17.6 Å². The van der Waals surface area contributed by atoms with E-state index in [1.807, 2.05) is 13.8 Å². The van der Waals surface area contributed by atoms with Crippen LogP contribution in [0.1, 0.15) is 77.3 Å². The Hall–Kier alpha value is -2.98. The third-order valence-electron chi connectivity index (χ3n) is 5.11. The molecule has 0 spiro atoms. The Morgan fingerprint density at radius 1 is 0.897 bits per heavy atom. The van der Waals surface area contributed by atoms with E-state index in [0.29, 0.717) is 43.4 Å². The highest BCUT2D eigenvalue weighted by Crippen LogP contribution is 2.40. The number of hydrogen-bond acceptors (Lipinski definition) is 4. The van der Waals surface area contributed by atoms with Crippen LogP contribution in [0.5, 0.6) is 0 Å². The molecule has 2 unspecified atom stereocenters. The monoisotopic (exact) mass is 557 g/mol. The quantitative estimate of drug-likeness (QED) is 0.177. The molecule has 2 atom stereocenters. The molecule has 0 radical (unpaired) electrons. The smallest absolute Gasteiger partial charge is 0.211 e. The first-order valence-corrected chi connectivity index (χ1v) is 13.1. The zero-order valence-electron chi connectivity index (χ0n) is 23.7. The molecule has 4 N–H and O–H groups in total. The van der Waals surface area contributed by atoms with Gasteiger partial charge in [0.15, 0.2) is 23.3 Å². The number of benzene rings is 2. The lowest BCUT2D eigenvalue weighted by Gasteiger charge is -2.22. The van der Waals surface area contributed by atoms with Crippen LogP contribution in [-0.4, -0.2) is 44.2 Å². The average molecular weight is 558 g/mol. The van der Waals surface area contributed by atoms with Gasteiger partial charge in [-0.1, -0.05) is 53.7 Å². The molecule has 220 valence electrons. The second-order valence-electron chi connectivity index (χ2n) is 10.1. The second kappa shape index (κ2) is 19.1. The van der Waals surface area contributed by atoms with Gasteiger partial charge in [0.05, 0.1) is 0 Å². The number of rotatable bonds is 9. The Morgan fingerprint density at radius 3 is 2.00 bits per heavy atom. The summed E-state index contributed by atoms with van der Waals surface area (Å²) in [6.45, 7) is 14.3. The molecule has 0 aromatic heterocycles. The van der Waals surface area contributed by atoms with Crippen molar-refractivity contribution < 1.29 is 32.3 Å². The van der Waals surface area contributed by atoms with Gasteiger partial charge >= 0.3 is 0 Å². The third-order valence-corrected chi connectivity index (χ3v) is 5.11. The van der Waals surface area contributed by atoms with E-state index in [4.69, 9.17) is 5.11 Å². The van der Waals surface area contributed by atoms with Crippen LogP contribution in [0.15, 0.2) is 30.3 Å². The largest absolute Gasteiger partial charge is 0.396 e. The summed E-state index contributed by atoms with van der Waals surface area (Å²) in [6.07, 6.45) is 2.64. The summed E-state index contributed by atoms with van der Waals surface area (Å²) in [5, 5.41) is 16.1. The normalized spacial score (nSPS) is 15.9. The minimum absolute atomic E-state index is 0.111. The summed E-state index contributed by atoms with van der Waals surface area (Å²) in [5.74, 6) is -5.00. The van der Waals surface area contributed by atoms with Crippen LogP contribution in [0.2, 0.25) is 0 Å². The van der Waals surface area contributed by atoms with Crippen molar-refractivity contribution in [3.63, 3.8) is 0 Å². The van der Waals surface area contributed by atoms with Gasteiger partial charge in [-0.3, -0.25) is 9.59 Å². The summed E-state index contributed by atoms with van der Waals surface area (Å²) in [5.41, 5.74) is 1.10. The van der Waals surface area contributed by atoms with Gasteiger partial charge in [0, 0.05) is 49.8 Å². The summed E-state index contributed by atoms with van der Waals surface area (Å²) < 4.78 is 54.8. The second-order valence-corrected chi connectivity index (χ2v) is 10.1. The summed E-state index contributed by atoms with van der Waals surface area (Å²) in [4.78, 5) is 20.3. The summed E-state index contributed by atoms with van der Waals surface area (Å²) >= 11 is 0. The number of halogens is 4. The lowest BCUT2D eigenvalue weighted by atomic mass is 9.83. The molecule has 2 amide bonds. The number of anilines is 1. The van der Waals surface area contributed by atoms with Crippen molar-refractivity contribution in [1.29, 1.82) is 0 Å². The topological polar surface area (TPSA) is 90.5 Å². The number of aliphatic hydroxyl groups is 1. The molecule has 6 nitrogen and oxygen atoms in total. The Balaban J connectivity index is 0.000000799. The Labute approximate surface area is 229 Å². The number of aliphatic hydroxyl groups excluding tert-OH is 1. The van der Waals surface area contributed by atoms with Crippen molar-refractivity contribution >= 4 is 18.5 Å². The number of amides is 2. The molecule has 39 heavy (non-hydrogen) atoms. The fraction of sp³-hybridized carbons (Fsp3) is 0.517. The van der Waals surface area contributed by atoms with Gasteiger partial charge in [0.1, 0.15) is 0 Å². The zero-order chi connectivity index (χ0) is 30.0. The van der Waals surface area contributed by atoms with E-state index in [1.54, 1.807) is 0 Å². The molecule has 1 heterocycles. The Bertz CT molecular complexity index is 994. The minimum atomic E-state index is -1.09. The maximum atomic E-state index is 14.1. The van der Waals surface area contributed by atoms with Crippen LogP contribution in [0.25, 0.3) is 0 Å². The first kappa shape index (κ1) is 36.0. The van der Waals surface area contributed by atoms with Crippen molar-refractivity contribution in [1.82, 2.24) is 10.6 Å². The van der Waals surface area contributed by atoms with E-state index in [-0.39, 0.29) is 17.9 Å². The maximum absolute atomic E-state index is 14.1. The summed E-state index contributed by atoms with van der Waals surface area (Å²) in [6, 6.07) is 5.77. The van der Waals surface area contributed by atoms with Crippen molar-refractivity contribution in [2.45, 2.75) is 66.2 Å². The van der Waals surface area contributed by atoms with Crippen LogP contribution in [-0.2, 0) is 9.59 Å². The van der Waals surface area contributed by atoms with Gasteiger partial charge in [0.25, 0.3) is 0 Å². The van der Waals surface area contributed by atoms with Crippen molar-refractivity contribution in [2.24, 2.45) is 5.41 Å². The molecule has 1 aliphatic heterocycles. The van der Waals surface area contributed by atoms with Gasteiger partial charge in [0.2, 0.25) is 12.8 Å². The van der Waals surface area contributed by atoms with E-state index < -0.39 is 35.1 Å². The van der Waals surface area contributed by atoms with Crippen molar-refractivity contribution in [2.75, 3.05) is 31.6 Å². The number of carbonyl (C=O) groups is 2. The predicted molar refractivity (Wildman–Crippen MR) is 148 cm³/mol.